The van der Waals surface area contributed by atoms with Crippen molar-refractivity contribution in [1.29, 1.82) is 0 Å². The van der Waals surface area contributed by atoms with Crippen molar-refractivity contribution in [3.8, 4) is 50.2 Å². The predicted octanol–water partition coefficient (Wildman–Crippen LogP) is 14.2. The highest BCUT2D eigenvalue weighted by Crippen LogP contribution is 2.41. The molecule has 0 aliphatic rings. The van der Waals surface area contributed by atoms with E-state index in [0.717, 1.165) is 89.4 Å². The highest BCUT2D eigenvalue weighted by molar-refractivity contribution is 6.12. The smallest absolute Gasteiger partial charge is 0.138 e. The second-order valence-electron chi connectivity index (χ2n) is 14.0. The van der Waals surface area contributed by atoms with Gasteiger partial charge in [0.15, 0.2) is 0 Å². The number of para-hydroxylation sites is 2. The minimum Gasteiger partial charge on any atom is -0.456 e. The molecule has 2 aromatic heterocycles. The first-order valence-electron chi connectivity index (χ1n) is 17.9. The van der Waals surface area contributed by atoms with Gasteiger partial charge in [0.1, 0.15) is 34.4 Å². The molecule has 8 aromatic carbocycles. The summed E-state index contributed by atoms with van der Waals surface area (Å²) in [6.07, 6.45) is 0. The zero-order valence-corrected chi connectivity index (χ0v) is 29.4. The van der Waals surface area contributed by atoms with Gasteiger partial charge < -0.3 is 8.98 Å². The van der Waals surface area contributed by atoms with Crippen LogP contribution in [0.2, 0.25) is 0 Å². The highest BCUT2D eigenvalue weighted by atomic mass is 19.1. The molecule has 2 heterocycles. The van der Waals surface area contributed by atoms with E-state index in [9.17, 15) is 17.6 Å². The Morgan fingerprint density at radius 1 is 0.400 bits per heavy atom. The fraction of sp³-hybridized carbons (Fsp3) is 0.0204. The van der Waals surface area contributed by atoms with Crippen LogP contribution in [0.3, 0.4) is 0 Å². The Morgan fingerprint density at radius 3 is 1.58 bits per heavy atom. The minimum absolute atomic E-state index is 0.401. The Labute approximate surface area is 313 Å². The summed E-state index contributed by atoms with van der Waals surface area (Å²) < 4.78 is 65.9. The van der Waals surface area contributed by atoms with E-state index in [0.29, 0.717) is 22.3 Å². The normalized spacial score (nSPS) is 11.7. The molecule has 6 heteroatoms. The van der Waals surface area contributed by atoms with Gasteiger partial charge in [0.05, 0.1) is 16.7 Å². The highest BCUT2D eigenvalue weighted by Gasteiger charge is 2.19. The average molecular weight is 724 g/mol. The molecule has 0 amide bonds. The summed E-state index contributed by atoms with van der Waals surface area (Å²) in [5, 5.41) is 3.78. The van der Waals surface area contributed by atoms with E-state index in [1.807, 2.05) is 66.7 Å². The summed E-state index contributed by atoms with van der Waals surface area (Å²) in [4.78, 5) is 0. The molecule has 10 rings (SSSR count). The third-order valence-electron chi connectivity index (χ3n) is 10.5. The Hall–Kier alpha value is -6.92. The maximum absolute atomic E-state index is 14.4. The minimum atomic E-state index is -0.669. The molecule has 0 spiro atoms. The summed E-state index contributed by atoms with van der Waals surface area (Å²) in [7, 11) is 0. The van der Waals surface area contributed by atoms with E-state index >= 15 is 0 Å². The number of furan rings is 1. The second kappa shape index (κ2) is 12.6. The van der Waals surface area contributed by atoms with Gasteiger partial charge in [-0.1, -0.05) is 66.7 Å². The number of fused-ring (bicyclic) bond motifs is 6. The molecule has 0 unspecified atom stereocenters. The molecule has 10 aromatic rings. The van der Waals surface area contributed by atoms with Crippen LogP contribution < -0.4 is 0 Å². The van der Waals surface area contributed by atoms with Crippen LogP contribution in [0.1, 0.15) is 5.56 Å². The van der Waals surface area contributed by atoms with Crippen LogP contribution in [0.25, 0.3) is 93.9 Å². The number of nitrogens with zero attached hydrogens (tertiary/aromatic N) is 1. The molecule has 0 aliphatic carbocycles. The molecule has 0 atom stereocenters. The first kappa shape index (κ1) is 32.7. The fourth-order valence-corrected chi connectivity index (χ4v) is 8.03. The van der Waals surface area contributed by atoms with Gasteiger partial charge in [-0.05, 0) is 130 Å². The van der Waals surface area contributed by atoms with Gasteiger partial charge in [0.25, 0.3) is 0 Å². The molecular formula is C49H29F4NO. The average Bonchev–Trinajstić information content (AvgIpc) is 3.73. The molecule has 2 nitrogen and oxygen atoms in total. The Morgan fingerprint density at radius 2 is 0.927 bits per heavy atom. The summed E-state index contributed by atoms with van der Waals surface area (Å²) >= 11 is 0. The van der Waals surface area contributed by atoms with Crippen LogP contribution in [0.15, 0.2) is 162 Å². The third-order valence-corrected chi connectivity index (χ3v) is 10.5. The van der Waals surface area contributed by atoms with E-state index in [2.05, 4.69) is 66.1 Å². The monoisotopic (exact) mass is 723 g/mol. The maximum Gasteiger partial charge on any atom is 0.138 e. The Kier molecular flexibility index (Phi) is 7.49. The second-order valence-corrected chi connectivity index (χ2v) is 14.0. The van der Waals surface area contributed by atoms with Crippen molar-refractivity contribution in [2.24, 2.45) is 0 Å². The van der Waals surface area contributed by atoms with Crippen molar-refractivity contribution in [3.63, 3.8) is 0 Å². The van der Waals surface area contributed by atoms with Crippen LogP contribution in [0.5, 0.6) is 0 Å². The number of benzene rings is 8. The van der Waals surface area contributed by atoms with E-state index in [4.69, 9.17) is 4.42 Å². The van der Waals surface area contributed by atoms with Crippen LogP contribution in [-0.4, -0.2) is 4.57 Å². The van der Waals surface area contributed by atoms with Crippen molar-refractivity contribution in [1.82, 2.24) is 4.57 Å². The van der Waals surface area contributed by atoms with Gasteiger partial charge in [-0.2, -0.15) is 0 Å². The van der Waals surface area contributed by atoms with Gasteiger partial charge in [-0.25, -0.2) is 17.6 Å². The van der Waals surface area contributed by atoms with E-state index < -0.39 is 23.3 Å². The lowest BCUT2D eigenvalue weighted by molar-refractivity contribution is 0.583. The lowest BCUT2D eigenvalue weighted by Crippen LogP contribution is -1.97. The molecule has 0 bridgehead atoms. The lowest BCUT2D eigenvalue weighted by Gasteiger charge is -2.15. The Balaban J connectivity index is 1.17. The number of halogens is 4. The molecule has 0 N–H and O–H groups in total. The van der Waals surface area contributed by atoms with Crippen molar-refractivity contribution in [2.75, 3.05) is 0 Å². The van der Waals surface area contributed by atoms with E-state index in [1.54, 1.807) is 0 Å². The van der Waals surface area contributed by atoms with Crippen LogP contribution in [0, 0.1) is 30.2 Å². The van der Waals surface area contributed by atoms with Gasteiger partial charge in [0, 0.05) is 39.2 Å². The SMILES string of the molecule is Cc1cc(-c2cccc(-c3ccccc3-n3c4ccc(-c5cc(F)cc(F)c5)cc4c4cc(-c5cc(F)cc(F)c5)ccc43)c2)cc2c1oc1ccccc12. The van der Waals surface area contributed by atoms with Gasteiger partial charge in [-0.3, -0.25) is 0 Å². The summed E-state index contributed by atoms with van der Waals surface area (Å²) in [5.74, 6) is -2.68. The van der Waals surface area contributed by atoms with Crippen molar-refractivity contribution in [2.45, 2.75) is 6.92 Å². The van der Waals surface area contributed by atoms with Gasteiger partial charge >= 0.3 is 0 Å². The zero-order valence-electron chi connectivity index (χ0n) is 29.4. The maximum atomic E-state index is 14.4. The largest absolute Gasteiger partial charge is 0.456 e. The number of aromatic nitrogens is 1. The first-order valence-corrected chi connectivity index (χ1v) is 17.9. The van der Waals surface area contributed by atoms with Gasteiger partial charge in [-0.15, -0.1) is 0 Å². The number of hydrogen-bond acceptors (Lipinski definition) is 1. The molecule has 0 saturated carbocycles. The summed E-state index contributed by atoms with van der Waals surface area (Å²) in [6, 6.07) is 47.5. The molecule has 0 radical (unpaired) electrons. The molecule has 55 heavy (non-hydrogen) atoms. The molecule has 0 saturated heterocycles. The standard InChI is InChI=1S/C49H29F4NO/c1-28-17-33(25-44-41-10-3-5-12-48(41)55-49(28)44)29-7-6-8-32(18-29)40-9-2-4-11-45(40)54-46-15-13-30(34-19-36(50)26-37(51)20-34)23-42(46)43-24-31(14-16-47(43)54)35-21-38(52)27-39(53)22-35/h2-27H,1H3. The molecule has 0 aliphatic heterocycles. The van der Waals surface area contributed by atoms with Crippen molar-refractivity contribution < 1.29 is 22.0 Å². The van der Waals surface area contributed by atoms with Gasteiger partial charge in [0.2, 0.25) is 0 Å². The summed E-state index contributed by atoms with van der Waals surface area (Å²) in [5.41, 5.74) is 11.6. The van der Waals surface area contributed by atoms with Crippen LogP contribution in [0.4, 0.5) is 17.6 Å². The quantitative estimate of drug-likeness (QED) is 0.162. The fourth-order valence-electron chi connectivity index (χ4n) is 8.03. The number of hydrogen-bond donors (Lipinski definition) is 0. The van der Waals surface area contributed by atoms with Crippen LogP contribution in [-0.2, 0) is 0 Å². The third kappa shape index (κ3) is 5.57. The molecule has 0 fully saturated rings. The van der Waals surface area contributed by atoms with E-state index in [1.165, 1.54) is 24.3 Å². The molecule has 264 valence electrons. The number of rotatable bonds is 5. The lowest BCUT2D eigenvalue weighted by atomic mass is 9.95. The summed E-state index contributed by atoms with van der Waals surface area (Å²) in [6.45, 7) is 2.07. The van der Waals surface area contributed by atoms with Crippen LogP contribution >= 0.6 is 0 Å². The van der Waals surface area contributed by atoms with Crippen molar-refractivity contribution in [3.05, 3.63) is 187 Å². The van der Waals surface area contributed by atoms with Crippen molar-refractivity contribution >= 4 is 43.7 Å². The Bertz CT molecular complexity index is 3020. The first-order chi connectivity index (χ1) is 26.8. The van der Waals surface area contributed by atoms with E-state index in [-0.39, 0.29) is 0 Å². The topological polar surface area (TPSA) is 18.1 Å². The number of aryl methyl sites for hydroxylation is 1. The zero-order chi connectivity index (χ0) is 37.4. The predicted molar refractivity (Wildman–Crippen MR) is 214 cm³/mol. The molecular weight excluding hydrogens is 695 g/mol.